The van der Waals surface area contributed by atoms with Crippen LogP contribution in [0.1, 0.15) is 64.5 Å². The van der Waals surface area contributed by atoms with Crippen LogP contribution in [-0.2, 0) is 22.0 Å². The molecule has 2 aliphatic rings. The lowest BCUT2D eigenvalue weighted by Gasteiger charge is -2.43. The molecule has 0 radical (unpaired) electrons. The Morgan fingerprint density at radius 3 is 2.72 bits per heavy atom. The van der Waals surface area contributed by atoms with Gasteiger partial charge >= 0.3 is 0 Å². The average Bonchev–Trinajstić information content (AvgIpc) is 2.54. The van der Waals surface area contributed by atoms with Gasteiger partial charge in [0.05, 0.1) is 17.9 Å². The molecule has 0 N–H and O–H groups in total. The van der Waals surface area contributed by atoms with Crippen molar-refractivity contribution in [2.24, 2.45) is 5.92 Å². The number of nitrogens with zero attached hydrogens (tertiary/aromatic N) is 3. The maximum Gasteiger partial charge on any atom is 0.220 e. The summed E-state index contributed by atoms with van der Waals surface area (Å²) in [6.45, 7) is 10.8. The topological polar surface area (TPSA) is 75.9 Å². The van der Waals surface area contributed by atoms with Crippen LogP contribution in [0.25, 0.3) is 0 Å². The molecular weight excluding hydrogens is 314 g/mol. The Kier molecular flexibility index (Phi) is 4.18. The van der Waals surface area contributed by atoms with Crippen LogP contribution in [0.4, 0.5) is 0 Å². The van der Waals surface area contributed by atoms with Crippen molar-refractivity contribution in [3.05, 3.63) is 28.7 Å². The second-order valence-corrected chi connectivity index (χ2v) is 8.18. The predicted octanol–water partition coefficient (Wildman–Crippen LogP) is 3.42. The molecule has 0 saturated carbocycles. The van der Waals surface area contributed by atoms with Crippen LogP contribution in [0.2, 0.25) is 0 Å². The van der Waals surface area contributed by atoms with E-state index in [1.807, 2.05) is 13.0 Å². The van der Waals surface area contributed by atoms with Crippen molar-refractivity contribution >= 4 is 5.78 Å². The fourth-order valence-corrected chi connectivity index (χ4v) is 3.85. The van der Waals surface area contributed by atoms with Crippen LogP contribution in [0.5, 0.6) is 5.88 Å². The predicted molar refractivity (Wildman–Crippen MR) is 94.4 cm³/mol. The zero-order valence-electron chi connectivity index (χ0n) is 15.6. The van der Waals surface area contributed by atoms with E-state index in [4.69, 9.17) is 9.72 Å². The number of Topliss-reactive ketones (excluding diaryl/α,β-unsaturated/α-hetero) is 1. The lowest BCUT2D eigenvalue weighted by atomic mass is 9.61. The molecule has 2 aliphatic carbocycles. The summed E-state index contributed by atoms with van der Waals surface area (Å²) >= 11 is 0. The van der Waals surface area contributed by atoms with E-state index in [9.17, 15) is 10.1 Å². The molecule has 5 heteroatoms. The van der Waals surface area contributed by atoms with Gasteiger partial charge in [0.2, 0.25) is 5.88 Å². The maximum absolute atomic E-state index is 12.2. The van der Waals surface area contributed by atoms with Gasteiger partial charge in [0, 0.05) is 22.8 Å². The number of aromatic nitrogens is 2. The first-order chi connectivity index (χ1) is 11.7. The summed E-state index contributed by atoms with van der Waals surface area (Å²) in [4.78, 5) is 21.8. The van der Waals surface area contributed by atoms with Crippen molar-refractivity contribution in [1.29, 1.82) is 5.26 Å². The molecule has 5 nitrogen and oxygen atoms in total. The fourth-order valence-electron chi connectivity index (χ4n) is 3.85. The number of fused-ring (bicyclic) bond motifs is 3. The van der Waals surface area contributed by atoms with Crippen molar-refractivity contribution in [3.8, 4) is 11.9 Å². The molecule has 0 spiro atoms. The molecule has 25 heavy (non-hydrogen) atoms. The van der Waals surface area contributed by atoms with E-state index >= 15 is 0 Å². The van der Waals surface area contributed by atoms with E-state index in [0.29, 0.717) is 18.9 Å². The largest absolute Gasteiger partial charge is 0.478 e. The minimum Gasteiger partial charge on any atom is -0.478 e. The number of carbonyl (C=O) groups is 1. The molecule has 0 bridgehead atoms. The number of hydrogen-bond donors (Lipinski definition) is 0. The zero-order valence-corrected chi connectivity index (χ0v) is 15.6. The summed E-state index contributed by atoms with van der Waals surface area (Å²) in [5.74, 6) is 1.51. The number of hydrogen-bond acceptors (Lipinski definition) is 5. The fraction of sp³-hybridized carbons (Fsp3) is 0.600. The molecule has 1 heterocycles. The number of allylic oxidation sites excluding steroid dienone is 2. The Bertz CT molecular complexity index is 798. The summed E-state index contributed by atoms with van der Waals surface area (Å²) < 4.78 is 5.84. The van der Waals surface area contributed by atoms with E-state index in [1.165, 1.54) is 0 Å². The normalized spacial score (nSPS) is 25.5. The van der Waals surface area contributed by atoms with Gasteiger partial charge in [0.15, 0.2) is 5.78 Å². The molecule has 0 amide bonds. The Hall–Kier alpha value is -2.22. The lowest BCUT2D eigenvalue weighted by Crippen LogP contribution is -2.42. The lowest BCUT2D eigenvalue weighted by molar-refractivity contribution is -0.117. The zero-order chi connectivity index (χ0) is 18.4. The molecule has 2 atom stereocenters. The summed E-state index contributed by atoms with van der Waals surface area (Å²) in [6.07, 6.45) is 3.92. The van der Waals surface area contributed by atoms with Gasteiger partial charge in [-0.2, -0.15) is 10.2 Å². The van der Waals surface area contributed by atoms with Crippen LogP contribution in [0.15, 0.2) is 11.6 Å². The number of carbonyl (C=O) groups excluding carboxylic acids is 1. The van der Waals surface area contributed by atoms with Gasteiger partial charge < -0.3 is 4.74 Å². The highest BCUT2D eigenvalue weighted by atomic mass is 16.5. The van der Waals surface area contributed by atoms with Crippen molar-refractivity contribution in [1.82, 2.24) is 9.97 Å². The van der Waals surface area contributed by atoms with Crippen LogP contribution in [0.3, 0.4) is 0 Å². The Morgan fingerprint density at radius 2 is 2.12 bits per heavy atom. The van der Waals surface area contributed by atoms with E-state index in [2.05, 4.69) is 38.7 Å². The van der Waals surface area contributed by atoms with Gasteiger partial charge in [-0.1, -0.05) is 33.8 Å². The highest BCUT2D eigenvalue weighted by Crippen LogP contribution is 2.48. The SMILES string of the molecule is CCOc1nc(C(C)(C)C)nc2c1CCC1CC(=O)C(C#N)=CC21C. The van der Waals surface area contributed by atoms with Crippen molar-refractivity contribution in [2.75, 3.05) is 6.61 Å². The van der Waals surface area contributed by atoms with Crippen molar-refractivity contribution in [2.45, 2.75) is 64.7 Å². The third kappa shape index (κ3) is 2.84. The van der Waals surface area contributed by atoms with Crippen LogP contribution >= 0.6 is 0 Å². The maximum atomic E-state index is 12.2. The van der Waals surface area contributed by atoms with Gasteiger partial charge in [-0.15, -0.1) is 0 Å². The molecule has 1 aromatic rings. The number of ether oxygens (including phenoxy) is 1. The Balaban J connectivity index is 2.26. The summed E-state index contributed by atoms with van der Waals surface area (Å²) in [5.41, 5.74) is 1.56. The first-order valence-electron chi connectivity index (χ1n) is 8.91. The smallest absolute Gasteiger partial charge is 0.220 e. The Labute approximate surface area is 149 Å². The highest BCUT2D eigenvalue weighted by molar-refractivity contribution is 6.00. The van der Waals surface area contributed by atoms with Gasteiger partial charge in [-0.3, -0.25) is 4.79 Å². The van der Waals surface area contributed by atoms with E-state index in [1.54, 1.807) is 0 Å². The van der Waals surface area contributed by atoms with Gasteiger partial charge in [-0.05, 0) is 25.7 Å². The molecule has 0 aliphatic heterocycles. The first kappa shape index (κ1) is 17.6. The van der Waals surface area contributed by atoms with E-state index < -0.39 is 5.41 Å². The van der Waals surface area contributed by atoms with E-state index in [-0.39, 0.29) is 22.7 Å². The van der Waals surface area contributed by atoms with Crippen LogP contribution in [0, 0.1) is 17.2 Å². The molecular formula is C20H25N3O2. The Morgan fingerprint density at radius 1 is 1.40 bits per heavy atom. The molecule has 0 saturated heterocycles. The average molecular weight is 339 g/mol. The number of rotatable bonds is 2. The molecule has 2 unspecified atom stereocenters. The number of ketones is 1. The molecule has 132 valence electrons. The standard InChI is InChI=1S/C20H25N3O2/c1-6-25-17-14-8-7-13-9-15(24)12(11-21)10-20(13,5)16(14)22-18(23-17)19(2,3)4/h10,13H,6-9H2,1-5H3. The first-order valence-corrected chi connectivity index (χ1v) is 8.91. The minimum absolute atomic E-state index is 0.0523. The minimum atomic E-state index is -0.429. The van der Waals surface area contributed by atoms with Gasteiger partial charge in [-0.25, -0.2) is 4.98 Å². The van der Waals surface area contributed by atoms with Gasteiger partial charge in [0.25, 0.3) is 0 Å². The molecule has 0 aromatic carbocycles. The molecule has 1 aromatic heterocycles. The van der Waals surface area contributed by atoms with Crippen LogP contribution < -0.4 is 4.74 Å². The van der Waals surface area contributed by atoms with Crippen molar-refractivity contribution < 1.29 is 9.53 Å². The van der Waals surface area contributed by atoms with Crippen molar-refractivity contribution in [3.63, 3.8) is 0 Å². The summed E-state index contributed by atoms with van der Waals surface area (Å²) in [5, 5.41) is 9.34. The number of nitriles is 1. The second-order valence-electron chi connectivity index (χ2n) is 8.18. The third-order valence-corrected chi connectivity index (χ3v) is 5.32. The summed E-state index contributed by atoms with van der Waals surface area (Å²) in [6, 6.07) is 2.06. The highest BCUT2D eigenvalue weighted by Gasteiger charge is 2.46. The molecule has 0 fully saturated rings. The summed E-state index contributed by atoms with van der Waals surface area (Å²) in [7, 11) is 0. The molecule has 3 rings (SSSR count). The second kappa shape index (κ2) is 5.94. The third-order valence-electron chi connectivity index (χ3n) is 5.32. The van der Waals surface area contributed by atoms with E-state index in [0.717, 1.165) is 29.9 Å². The quantitative estimate of drug-likeness (QED) is 0.825. The van der Waals surface area contributed by atoms with Crippen LogP contribution in [-0.4, -0.2) is 22.4 Å². The van der Waals surface area contributed by atoms with Gasteiger partial charge in [0.1, 0.15) is 11.9 Å². The monoisotopic (exact) mass is 339 g/mol.